The Morgan fingerprint density at radius 1 is 1.19 bits per heavy atom. The molecule has 1 heterocycles. The summed E-state index contributed by atoms with van der Waals surface area (Å²) in [5.41, 5.74) is 2.03. The first kappa shape index (κ1) is 14.4. The van der Waals surface area contributed by atoms with Gasteiger partial charge in [-0.25, -0.2) is 0 Å². The summed E-state index contributed by atoms with van der Waals surface area (Å²) < 4.78 is 5.79. The minimum Gasteiger partial charge on any atom is -0.372 e. The number of nitrogens with zero attached hydrogens (tertiary/aromatic N) is 1. The van der Waals surface area contributed by atoms with Crippen molar-refractivity contribution in [1.29, 1.82) is 0 Å². The number of amides is 1. The number of benzene rings is 1. The van der Waals surface area contributed by atoms with Crippen molar-refractivity contribution in [3.8, 4) is 0 Å². The fourth-order valence-corrected chi connectivity index (χ4v) is 3.13. The lowest BCUT2D eigenvalue weighted by atomic mass is 9.85. The summed E-state index contributed by atoms with van der Waals surface area (Å²) >= 11 is 0. The molecule has 2 fully saturated rings. The zero-order valence-corrected chi connectivity index (χ0v) is 12.8. The first-order valence-electron chi connectivity index (χ1n) is 7.94. The SMILES string of the molecule is CC1CN(c2ccccc2NC(=O)C2CCC2)CC(C)O1. The third-order valence-corrected chi connectivity index (χ3v) is 4.40. The maximum atomic E-state index is 12.2. The summed E-state index contributed by atoms with van der Waals surface area (Å²) in [5.74, 6) is 0.378. The first-order valence-corrected chi connectivity index (χ1v) is 7.94. The van der Waals surface area contributed by atoms with E-state index >= 15 is 0 Å². The molecule has 0 aromatic heterocycles. The number of anilines is 2. The number of carbonyl (C=O) groups is 1. The van der Waals surface area contributed by atoms with Gasteiger partial charge in [-0.2, -0.15) is 0 Å². The topological polar surface area (TPSA) is 41.6 Å². The molecule has 1 aromatic carbocycles. The van der Waals surface area contributed by atoms with Crippen molar-refractivity contribution >= 4 is 17.3 Å². The van der Waals surface area contributed by atoms with E-state index in [1.54, 1.807) is 0 Å². The number of morpholine rings is 1. The second-order valence-electron chi connectivity index (χ2n) is 6.30. The van der Waals surface area contributed by atoms with E-state index in [0.29, 0.717) is 0 Å². The minimum absolute atomic E-state index is 0.169. The molecular formula is C17H24N2O2. The number of rotatable bonds is 3. The van der Waals surface area contributed by atoms with Crippen LogP contribution in [0.1, 0.15) is 33.1 Å². The molecule has 0 spiro atoms. The van der Waals surface area contributed by atoms with Gasteiger partial charge in [-0.15, -0.1) is 0 Å². The van der Waals surface area contributed by atoms with Gasteiger partial charge in [0.05, 0.1) is 23.6 Å². The van der Waals surface area contributed by atoms with Crippen molar-refractivity contribution in [2.45, 2.75) is 45.3 Å². The van der Waals surface area contributed by atoms with Gasteiger partial charge in [0, 0.05) is 19.0 Å². The third kappa shape index (κ3) is 3.21. The fourth-order valence-electron chi connectivity index (χ4n) is 3.13. The molecule has 114 valence electrons. The van der Waals surface area contributed by atoms with Gasteiger partial charge >= 0.3 is 0 Å². The molecule has 0 bridgehead atoms. The zero-order valence-electron chi connectivity index (χ0n) is 12.8. The summed E-state index contributed by atoms with van der Waals surface area (Å²) in [5, 5.41) is 3.12. The number of carbonyl (C=O) groups excluding carboxylic acids is 1. The highest BCUT2D eigenvalue weighted by Gasteiger charge is 2.27. The summed E-state index contributed by atoms with van der Waals surface area (Å²) in [7, 11) is 0. The van der Waals surface area contributed by atoms with Gasteiger partial charge in [-0.3, -0.25) is 4.79 Å². The van der Waals surface area contributed by atoms with Gasteiger partial charge in [0.1, 0.15) is 0 Å². The second kappa shape index (κ2) is 6.06. The zero-order chi connectivity index (χ0) is 14.8. The Kier molecular flexibility index (Phi) is 4.15. The van der Waals surface area contributed by atoms with Crippen LogP contribution in [-0.2, 0) is 9.53 Å². The van der Waals surface area contributed by atoms with E-state index in [2.05, 4.69) is 30.1 Å². The van der Waals surface area contributed by atoms with Crippen LogP contribution in [0.2, 0.25) is 0 Å². The van der Waals surface area contributed by atoms with Gasteiger partial charge in [0.25, 0.3) is 0 Å². The summed E-state index contributed by atoms with van der Waals surface area (Å²) in [6.45, 7) is 5.91. The highest BCUT2D eigenvalue weighted by molar-refractivity contribution is 5.96. The van der Waals surface area contributed by atoms with E-state index in [4.69, 9.17) is 4.74 Å². The molecule has 2 aliphatic rings. The molecule has 1 saturated heterocycles. The summed E-state index contributed by atoms with van der Waals surface area (Å²) in [6.07, 6.45) is 3.66. The van der Waals surface area contributed by atoms with Crippen LogP contribution < -0.4 is 10.2 Å². The summed E-state index contributed by atoms with van der Waals surface area (Å²) in [6, 6.07) is 8.09. The van der Waals surface area contributed by atoms with Crippen molar-refractivity contribution in [1.82, 2.24) is 0 Å². The molecule has 1 amide bonds. The number of nitrogens with one attached hydrogen (secondary N) is 1. The molecule has 1 saturated carbocycles. The van der Waals surface area contributed by atoms with E-state index < -0.39 is 0 Å². The Morgan fingerprint density at radius 3 is 2.48 bits per heavy atom. The van der Waals surface area contributed by atoms with E-state index in [0.717, 1.165) is 37.3 Å². The lowest BCUT2D eigenvalue weighted by molar-refractivity contribution is -0.122. The average molecular weight is 288 g/mol. The van der Waals surface area contributed by atoms with E-state index in [9.17, 15) is 4.79 Å². The molecule has 1 aliphatic heterocycles. The highest BCUT2D eigenvalue weighted by atomic mass is 16.5. The molecule has 1 aromatic rings. The molecule has 4 nitrogen and oxygen atoms in total. The van der Waals surface area contributed by atoms with Crippen LogP contribution in [0.3, 0.4) is 0 Å². The third-order valence-electron chi connectivity index (χ3n) is 4.40. The lowest BCUT2D eigenvalue weighted by Crippen LogP contribution is -2.45. The molecule has 3 rings (SSSR count). The van der Waals surface area contributed by atoms with E-state index in [-0.39, 0.29) is 24.0 Å². The maximum absolute atomic E-state index is 12.2. The van der Waals surface area contributed by atoms with Crippen molar-refractivity contribution in [2.75, 3.05) is 23.3 Å². The highest BCUT2D eigenvalue weighted by Crippen LogP contribution is 2.31. The quantitative estimate of drug-likeness (QED) is 0.929. The molecular weight excluding hydrogens is 264 g/mol. The molecule has 0 radical (unpaired) electrons. The molecule has 4 heteroatoms. The van der Waals surface area contributed by atoms with Crippen LogP contribution in [0.15, 0.2) is 24.3 Å². The Balaban J connectivity index is 1.76. The van der Waals surface area contributed by atoms with Crippen LogP contribution in [-0.4, -0.2) is 31.2 Å². The van der Waals surface area contributed by atoms with Crippen molar-refractivity contribution in [3.05, 3.63) is 24.3 Å². The van der Waals surface area contributed by atoms with E-state index in [1.807, 2.05) is 18.2 Å². The van der Waals surface area contributed by atoms with Gasteiger partial charge in [-0.1, -0.05) is 18.6 Å². The molecule has 2 unspecified atom stereocenters. The minimum atomic E-state index is 0.169. The summed E-state index contributed by atoms with van der Waals surface area (Å²) in [4.78, 5) is 14.5. The van der Waals surface area contributed by atoms with Gasteiger partial charge in [0.2, 0.25) is 5.91 Å². The Morgan fingerprint density at radius 2 is 1.86 bits per heavy atom. The van der Waals surface area contributed by atoms with Crippen LogP contribution in [0.4, 0.5) is 11.4 Å². The largest absolute Gasteiger partial charge is 0.372 e. The van der Waals surface area contributed by atoms with Crippen molar-refractivity contribution in [3.63, 3.8) is 0 Å². The van der Waals surface area contributed by atoms with Crippen LogP contribution >= 0.6 is 0 Å². The Labute approximate surface area is 126 Å². The number of para-hydroxylation sites is 2. The van der Waals surface area contributed by atoms with Crippen LogP contribution in [0, 0.1) is 5.92 Å². The molecule has 1 N–H and O–H groups in total. The smallest absolute Gasteiger partial charge is 0.227 e. The fraction of sp³-hybridized carbons (Fsp3) is 0.588. The van der Waals surface area contributed by atoms with Crippen LogP contribution in [0.25, 0.3) is 0 Å². The van der Waals surface area contributed by atoms with Gasteiger partial charge < -0.3 is 15.0 Å². The number of hydrogen-bond acceptors (Lipinski definition) is 3. The van der Waals surface area contributed by atoms with Crippen LogP contribution in [0.5, 0.6) is 0 Å². The Hall–Kier alpha value is -1.55. The maximum Gasteiger partial charge on any atom is 0.227 e. The lowest BCUT2D eigenvalue weighted by Gasteiger charge is -2.38. The number of ether oxygens (including phenoxy) is 1. The normalized spacial score (nSPS) is 26.3. The predicted molar refractivity (Wildman–Crippen MR) is 84.6 cm³/mol. The first-order chi connectivity index (χ1) is 10.1. The predicted octanol–water partition coefficient (Wildman–Crippen LogP) is 3.04. The monoisotopic (exact) mass is 288 g/mol. The molecule has 2 atom stereocenters. The average Bonchev–Trinajstić information content (AvgIpc) is 2.36. The van der Waals surface area contributed by atoms with Gasteiger partial charge in [-0.05, 0) is 38.8 Å². The van der Waals surface area contributed by atoms with Gasteiger partial charge in [0.15, 0.2) is 0 Å². The Bertz CT molecular complexity index is 503. The molecule has 1 aliphatic carbocycles. The van der Waals surface area contributed by atoms with E-state index in [1.165, 1.54) is 6.42 Å². The van der Waals surface area contributed by atoms with Crippen molar-refractivity contribution in [2.24, 2.45) is 5.92 Å². The standard InChI is InChI=1S/C17H24N2O2/c1-12-10-19(11-13(2)21-12)16-9-4-3-8-15(16)18-17(20)14-6-5-7-14/h3-4,8-9,12-14H,5-7,10-11H2,1-2H3,(H,18,20). The van der Waals surface area contributed by atoms with Crippen molar-refractivity contribution < 1.29 is 9.53 Å². The molecule has 21 heavy (non-hydrogen) atoms. The number of hydrogen-bond donors (Lipinski definition) is 1. The second-order valence-corrected chi connectivity index (χ2v) is 6.30.